The van der Waals surface area contributed by atoms with E-state index in [0.717, 1.165) is 5.75 Å². The number of hydrogen-bond acceptors (Lipinski definition) is 5. The summed E-state index contributed by atoms with van der Waals surface area (Å²) in [5, 5.41) is 1.04. The Kier molecular flexibility index (Phi) is 6.93. The van der Waals surface area contributed by atoms with Gasteiger partial charge >= 0.3 is 0 Å². The van der Waals surface area contributed by atoms with Crippen molar-refractivity contribution in [2.24, 2.45) is 0 Å². The molecule has 0 aliphatic carbocycles. The molecule has 152 valence electrons. The van der Waals surface area contributed by atoms with Crippen LogP contribution in [-0.2, 0) is 4.79 Å². The minimum absolute atomic E-state index is 0.0284. The topological polar surface area (TPSA) is 64.4 Å². The van der Waals surface area contributed by atoms with Crippen molar-refractivity contribution in [1.82, 2.24) is 14.5 Å². The first-order valence-corrected chi connectivity index (χ1v) is 10.7. The highest BCUT2D eigenvalue weighted by Gasteiger charge is 2.16. The first kappa shape index (κ1) is 20.9. The van der Waals surface area contributed by atoms with Crippen molar-refractivity contribution in [2.45, 2.75) is 25.9 Å². The van der Waals surface area contributed by atoms with Crippen molar-refractivity contribution in [2.75, 3.05) is 25.4 Å². The second-order valence-corrected chi connectivity index (χ2v) is 7.28. The van der Waals surface area contributed by atoms with Gasteiger partial charge in [-0.15, -0.1) is 0 Å². The zero-order valence-electron chi connectivity index (χ0n) is 16.9. The Bertz CT molecular complexity index is 1040. The summed E-state index contributed by atoms with van der Waals surface area (Å²) < 4.78 is 7.07. The van der Waals surface area contributed by atoms with Crippen LogP contribution >= 0.6 is 11.8 Å². The van der Waals surface area contributed by atoms with Gasteiger partial charge in [0.05, 0.1) is 29.0 Å². The molecule has 0 unspecified atom stereocenters. The molecule has 0 aliphatic rings. The fourth-order valence-electron chi connectivity index (χ4n) is 3.09. The van der Waals surface area contributed by atoms with Crippen molar-refractivity contribution in [3.8, 4) is 11.4 Å². The Morgan fingerprint density at radius 2 is 1.76 bits per heavy atom. The number of ether oxygens (including phenoxy) is 1. The average molecular weight is 412 g/mol. The number of nitrogens with zero attached hydrogens (tertiary/aromatic N) is 3. The molecule has 0 saturated carbocycles. The summed E-state index contributed by atoms with van der Waals surface area (Å²) in [5.41, 5.74) is 1.16. The highest BCUT2D eigenvalue weighted by Crippen LogP contribution is 2.23. The molecule has 0 saturated heterocycles. The molecule has 3 rings (SSSR count). The second kappa shape index (κ2) is 9.60. The Labute approximate surface area is 174 Å². The van der Waals surface area contributed by atoms with Crippen LogP contribution in [-0.4, -0.2) is 45.8 Å². The van der Waals surface area contributed by atoms with E-state index in [0.29, 0.717) is 41.4 Å². The fourth-order valence-corrected chi connectivity index (χ4v) is 4.00. The minimum atomic E-state index is -0.155. The van der Waals surface area contributed by atoms with Crippen LogP contribution in [0.1, 0.15) is 20.8 Å². The number of thioether (sulfide) groups is 1. The van der Waals surface area contributed by atoms with Gasteiger partial charge in [0.25, 0.3) is 5.56 Å². The van der Waals surface area contributed by atoms with Crippen molar-refractivity contribution < 1.29 is 9.53 Å². The van der Waals surface area contributed by atoms with Crippen LogP contribution in [0.3, 0.4) is 0 Å². The molecule has 1 heterocycles. The number of rotatable bonds is 8. The molecule has 0 spiro atoms. The van der Waals surface area contributed by atoms with E-state index in [-0.39, 0.29) is 17.2 Å². The van der Waals surface area contributed by atoms with Crippen molar-refractivity contribution in [3.05, 3.63) is 58.9 Å². The Morgan fingerprint density at radius 3 is 2.41 bits per heavy atom. The number of amides is 1. The third kappa shape index (κ3) is 4.62. The third-order valence-corrected chi connectivity index (χ3v) is 5.52. The number of aromatic nitrogens is 2. The molecule has 0 atom stereocenters. The molecular formula is C22H25N3O3S. The second-order valence-electron chi connectivity index (χ2n) is 6.33. The predicted octanol–water partition coefficient (Wildman–Crippen LogP) is 3.74. The van der Waals surface area contributed by atoms with E-state index >= 15 is 0 Å². The standard InChI is InChI=1S/C22H25N3O3S/c1-4-24(5-2)20(26)15-29-22-23-19-10-8-7-9-18(19)21(27)25(22)16-11-13-17(14-12-16)28-6-3/h7-14H,4-6,15H2,1-3H3. The summed E-state index contributed by atoms with van der Waals surface area (Å²) in [5.74, 6) is 0.994. The van der Waals surface area contributed by atoms with Crippen molar-refractivity contribution in [3.63, 3.8) is 0 Å². The normalized spacial score (nSPS) is 10.9. The molecule has 6 nitrogen and oxygen atoms in total. The number of hydrogen-bond donors (Lipinski definition) is 0. The molecule has 0 radical (unpaired) electrons. The first-order chi connectivity index (χ1) is 14.1. The van der Waals surface area contributed by atoms with Gasteiger partial charge in [-0.1, -0.05) is 23.9 Å². The summed E-state index contributed by atoms with van der Waals surface area (Å²) in [4.78, 5) is 32.1. The van der Waals surface area contributed by atoms with Crippen molar-refractivity contribution in [1.29, 1.82) is 0 Å². The summed E-state index contributed by atoms with van der Waals surface area (Å²) in [6, 6.07) is 14.6. The molecule has 1 amide bonds. The van der Waals surface area contributed by atoms with Gasteiger partial charge < -0.3 is 9.64 Å². The zero-order chi connectivity index (χ0) is 20.8. The molecule has 3 aromatic rings. The Balaban J connectivity index is 2.04. The largest absolute Gasteiger partial charge is 0.494 e. The lowest BCUT2D eigenvalue weighted by Gasteiger charge is -2.19. The van der Waals surface area contributed by atoms with Gasteiger partial charge in [-0.3, -0.25) is 14.2 Å². The lowest BCUT2D eigenvalue weighted by molar-refractivity contribution is -0.127. The molecule has 0 aliphatic heterocycles. The van der Waals surface area contributed by atoms with Crippen molar-refractivity contribution >= 4 is 28.6 Å². The van der Waals surface area contributed by atoms with E-state index in [2.05, 4.69) is 4.98 Å². The Hall–Kier alpha value is -2.80. The number of benzene rings is 2. The Morgan fingerprint density at radius 1 is 1.07 bits per heavy atom. The summed E-state index contributed by atoms with van der Waals surface area (Å²) in [6.07, 6.45) is 0. The summed E-state index contributed by atoms with van der Waals surface area (Å²) in [7, 11) is 0. The summed E-state index contributed by atoms with van der Waals surface area (Å²) in [6.45, 7) is 7.73. The highest BCUT2D eigenvalue weighted by molar-refractivity contribution is 7.99. The number of carbonyl (C=O) groups excluding carboxylic acids is 1. The lowest BCUT2D eigenvalue weighted by atomic mass is 10.2. The van der Waals surface area contributed by atoms with E-state index in [1.165, 1.54) is 11.8 Å². The van der Waals surface area contributed by atoms with E-state index in [1.54, 1.807) is 15.5 Å². The average Bonchev–Trinajstić information content (AvgIpc) is 2.74. The fraction of sp³-hybridized carbons (Fsp3) is 0.318. The maximum absolute atomic E-state index is 13.2. The van der Waals surface area contributed by atoms with Crippen LogP contribution in [0.5, 0.6) is 5.75 Å². The number of carbonyl (C=O) groups is 1. The van der Waals surface area contributed by atoms with Crippen LogP contribution < -0.4 is 10.3 Å². The smallest absolute Gasteiger partial charge is 0.266 e. The molecule has 0 bridgehead atoms. The van der Waals surface area contributed by atoms with E-state index in [9.17, 15) is 9.59 Å². The first-order valence-electron chi connectivity index (χ1n) is 9.74. The molecule has 7 heteroatoms. The summed E-state index contributed by atoms with van der Waals surface area (Å²) >= 11 is 1.28. The molecule has 1 aromatic heterocycles. The monoisotopic (exact) mass is 411 g/mol. The third-order valence-electron chi connectivity index (χ3n) is 4.59. The van der Waals surface area contributed by atoms with Crippen LogP contribution in [0.2, 0.25) is 0 Å². The highest BCUT2D eigenvalue weighted by atomic mass is 32.2. The van der Waals surface area contributed by atoms with Gasteiger partial charge in [-0.05, 0) is 57.2 Å². The molecule has 0 N–H and O–H groups in total. The number of para-hydroxylation sites is 1. The quantitative estimate of drug-likeness (QED) is 0.417. The molecule has 29 heavy (non-hydrogen) atoms. The predicted molar refractivity (Wildman–Crippen MR) is 117 cm³/mol. The van der Waals surface area contributed by atoms with Gasteiger partial charge in [-0.25, -0.2) is 4.98 Å². The van der Waals surface area contributed by atoms with Crippen LogP contribution in [0.25, 0.3) is 16.6 Å². The van der Waals surface area contributed by atoms with E-state index in [4.69, 9.17) is 4.74 Å². The zero-order valence-corrected chi connectivity index (χ0v) is 17.7. The van der Waals surface area contributed by atoms with Gasteiger partial charge in [-0.2, -0.15) is 0 Å². The minimum Gasteiger partial charge on any atom is -0.494 e. The van der Waals surface area contributed by atoms with Crippen LogP contribution in [0, 0.1) is 0 Å². The van der Waals surface area contributed by atoms with E-state index in [1.807, 2.05) is 63.2 Å². The molecular weight excluding hydrogens is 386 g/mol. The van der Waals surface area contributed by atoms with E-state index < -0.39 is 0 Å². The maximum atomic E-state index is 13.2. The number of fused-ring (bicyclic) bond motifs is 1. The van der Waals surface area contributed by atoms with Crippen LogP contribution in [0.15, 0.2) is 58.5 Å². The lowest BCUT2D eigenvalue weighted by Crippen LogP contribution is -2.32. The van der Waals surface area contributed by atoms with Crippen LogP contribution in [0.4, 0.5) is 0 Å². The SMILES string of the molecule is CCOc1ccc(-n2c(SCC(=O)N(CC)CC)nc3ccccc3c2=O)cc1. The van der Waals surface area contributed by atoms with Gasteiger partial charge in [0.2, 0.25) is 5.91 Å². The van der Waals surface area contributed by atoms with Gasteiger partial charge in [0.1, 0.15) is 5.75 Å². The van der Waals surface area contributed by atoms with Gasteiger partial charge in [0.15, 0.2) is 5.16 Å². The maximum Gasteiger partial charge on any atom is 0.266 e. The molecule has 2 aromatic carbocycles. The van der Waals surface area contributed by atoms with Gasteiger partial charge in [0, 0.05) is 13.1 Å². The molecule has 0 fully saturated rings.